The zero-order valence-electron chi connectivity index (χ0n) is 14.8. The van der Waals surface area contributed by atoms with Gasteiger partial charge >= 0.3 is 18.2 Å². The summed E-state index contributed by atoms with van der Waals surface area (Å²) in [5, 5.41) is 12.1. The van der Waals surface area contributed by atoms with Crippen LogP contribution in [0.2, 0.25) is 0 Å². The van der Waals surface area contributed by atoms with E-state index in [1.165, 1.54) is 12.0 Å². The van der Waals surface area contributed by atoms with Crippen molar-refractivity contribution in [3.8, 4) is 0 Å². The summed E-state index contributed by atoms with van der Waals surface area (Å²) in [5.74, 6) is -0.638. The van der Waals surface area contributed by atoms with E-state index in [0.29, 0.717) is 12.8 Å². The lowest BCUT2D eigenvalue weighted by molar-refractivity contribution is -0.137. The Balaban J connectivity index is 1.74. The van der Waals surface area contributed by atoms with Gasteiger partial charge in [-0.2, -0.15) is 13.2 Å². The molecule has 148 valence electrons. The minimum atomic E-state index is -4.55. The first-order valence-corrected chi connectivity index (χ1v) is 8.75. The summed E-state index contributed by atoms with van der Waals surface area (Å²) in [7, 11) is 1.17. The first-order chi connectivity index (χ1) is 12.7. The SMILES string of the molecule is COC(=O)c1ccc(C(F)(F)F)c(NCC2C[C@H]3CC[C@@H](C2)N3C(=O)O)c1. The molecule has 2 bridgehead atoms. The standard InChI is InChI=1S/C18H21F3N2O4/c1-27-16(24)11-2-5-14(18(19,20)21)15(8-11)22-9-10-6-12-3-4-13(7-10)23(12)17(25)26/h2,5,8,10,12-13,22H,3-4,6-7,9H2,1H3,(H,25,26)/t10?,12-,13+. The van der Waals surface area contributed by atoms with Crippen LogP contribution in [0, 0.1) is 5.92 Å². The molecular formula is C18H21F3N2O4. The lowest BCUT2D eigenvalue weighted by atomic mass is 9.90. The predicted octanol–water partition coefficient (Wildman–Crippen LogP) is 3.82. The van der Waals surface area contributed by atoms with Crippen molar-refractivity contribution in [3.63, 3.8) is 0 Å². The number of esters is 1. The van der Waals surface area contributed by atoms with E-state index in [2.05, 4.69) is 10.1 Å². The number of anilines is 1. The number of nitrogens with one attached hydrogen (secondary N) is 1. The minimum Gasteiger partial charge on any atom is -0.465 e. The number of hydrogen-bond acceptors (Lipinski definition) is 4. The number of alkyl halides is 3. The van der Waals surface area contributed by atoms with E-state index in [4.69, 9.17) is 0 Å². The molecule has 3 rings (SSSR count). The normalized spacial score (nSPS) is 24.6. The van der Waals surface area contributed by atoms with Crippen LogP contribution in [0.1, 0.15) is 41.6 Å². The number of ether oxygens (including phenoxy) is 1. The lowest BCUT2D eigenvalue weighted by Crippen LogP contribution is -2.47. The van der Waals surface area contributed by atoms with Crippen molar-refractivity contribution in [2.24, 2.45) is 5.92 Å². The van der Waals surface area contributed by atoms with Crippen LogP contribution in [0.4, 0.5) is 23.7 Å². The predicted molar refractivity (Wildman–Crippen MR) is 90.7 cm³/mol. The number of carbonyl (C=O) groups excluding carboxylic acids is 1. The van der Waals surface area contributed by atoms with Crippen molar-refractivity contribution < 1.29 is 32.6 Å². The van der Waals surface area contributed by atoms with Crippen molar-refractivity contribution in [2.75, 3.05) is 19.0 Å². The van der Waals surface area contributed by atoms with E-state index in [-0.39, 0.29) is 35.8 Å². The van der Waals surface area contributed by atoms with Crippen LogP contribution < -0.4 is 5.32 Å². The number of nitrogens with zero attached hydrogens (tertiary/aromatic N) is 1. The summed E-state index contributed by atoms with van der Waals surface area (Å²) in [6.45, 7) is 0.286. The average Bonchev–Trinajstić information content (AvgIpc) is 2.89. The number of halogens is 3. The molecule has 1 aromatic rings. The maximum absolute atomic E-state index is 13.3. The number of carbonyl (C=O) groups is 2. The Labute approximate surface area is 154 Å². The highest BCUT2D eigenvalue weighted by Gasteiger charge is 2.43. The molecule has 1 unspecified atom stereocenters. The van der Waals surface area contributed by atoms with Gasteiger partial charge in [0.2, 0.25) is 0 Å². The number of carboxylic acid groups (broad SMARTS) is 1. The fourth-order valence-corrected chi connectivity index (χ4v) is 4.21. The number of rotatable bonds is 4. The van der Waals surface area contributed by atoms with Crippen LogP contribution in [-0.4, -0.2) is 47.8 Å². The van der Waals surface area contributed by atoms with Gasteiger partial charge in [0.1, 0.15) is 0 Å². The van der Waals surface area contributed by atoms with Crippen molar-refractivity contribution in [1.29, 1.82) is 0 Å². The van der Waals surface area contributed by atoms with Gasteiger partial charge in [-0.05, 0) is 49.8 Å². The van der Waals surface area contributed by atoms with Crippen LogP contribution in [0.5, 0.6) is 0 Å². The fourth-order valence-electron chi connectivity index (χ4n) is 4.21. The topological polar surface area (TPSA) is 78.9 Å². The minimum absolute atomic E-state index is 0.0359. The number of amides is 1. The first kappa shape index (κ1) is 19.3. The second-order valence-corrected chi connectivity index (χ2v) is 7.04. The number of piperidine rings is 1. The highest BCUT2D eigenvalue weighted by molar-refractivity contribution is 5.90. The van der Waals surface area contributed by atoms with Gasteiger partial charge in [-0.15, -0.1) is 0 Å². The smallest absolute Gasteiger partial charge is 0.418 e. The molecule has 0 spiro atoms. The lowest BCUT2D eigenvalue weighted by Gasteiger charge is -2.37. The zero-order chi connectivity index (χ0) is 19.8. The summed E-state index contributed by atoms with van der Waals surface area (Å²) in [4.78, 5) is 24.4. The summed E-state index contributed by atoms with van der Waals surface area (Å²) >= 11 is 0. The molecule has 3 atom stereocenters. The maximum Gasteiger partial charge on any atom is 0.418 e. The highest BCUT2D eigenvalue weighted by atomic mass is 19.4. The number of hydrogen-bond donors (Lipinski definition) is 2. The fraction of sp³-hybridized carbons (Fsp3) is 0.556. The molecular weight excluding hydrogens is 365 g/mol. The molecule has 27 heavy (non-hydrogen) atoms. The van der Waals surface area contributed by atoms with E-state index < -0.39 is 23.8 Å². The van der Waals surface area contributed by atoms with E-state index in [1.807, 2.05) is 0 Å². The Morgan fingerprint density at radius 2 is 1.89 bits per heavy atom. The Kier molecular flexibility index (Phi) is 5.21. The molecule has 2 saturated heterocycles. The third-order valence-corrected chi connectivity index (χ3v) is 5.38. The van der Waals surface area contributed by atoms with Crippen LogP contribution in [0.3, 0.4) is 0 Å². The van der Waals surface area contributed by atoms with Gasteiger partial charge in [-0.1, -0.05) is 0 Å². The van der Waals surface area contributed by atoms with Crippen molar-refractivity contribution in [1.82, 2.24) is 4.90 Å². The van der Waals surface area contributed by atoms with E-state index >= 15 is 0 Å². The molecule has 2 heterocycles. The molecule has 0 saturated carbocycles. The van der Waals surface area contributed by atoms with Crippen molar-refractivity contribution >= 4 is 17.7 Å². The number of benzene rings is 1. The third kappa shape index (κ3) is 3.96. The van der Waals surface area contributed by atoms with Gasteiger partial charge in [0.15, 0.2) is 0 Å². The molecule has 0 aliphatic carbocycles. The van der Waals surface area contributed by atoms with E-state index in [9.17, 15) is 27.9 Å². The zero-order valence-corrected chi connectivity index (χ0v) is 14.8. The molecule has 2 N–H and O–H groups in total. The van der Waals surface area contributed by atoms with Gasteiger partial charge in [-0.3, -0.25) is 0 Å². The summed E-state index contributed by atoms with van der Waals surface area (Å²) < 4.78 is 44.4. The quantitative estimate of drug-likeness (QED) is 0.769. The Hall–Kier alpha value is -2.45. The molecule has 2 aliphatic heterocycles. The third-order valence-electron chi connectivity index (χ3n) is 5.38. The highest BCUT2D eigenvalue weighted by Crippen LogP contribution is 2.40. The van der Waals surface area contributed by atoms with Crippen molar-refractivity contribution in [3.05, 3.63) is 29.3 Å². The van der Waals surface area contributed by atoms with E-state index in [1.54, 1.807) is 0 Å². The molecule has 0 aromatic heterocycles. The van der Waals surface area contributed by atoms with E-state index in [0.717, 1.165) is 31.0 Å². The molecule has 1 aromatic carbocycles. The van der Waals surface area contributed by atoms with Gasteiger partial charge < -0.3 is 20.1 Å². The molecule has 0 radical (unpaired) electrons. The Morgan fingerprint density at radius 3 is 2.41 bits per heavy atom. The Bertz CT molecular complexity index is 724. The van der Waals surface area contributed by atoms with Gasteiger partial charge in [0.05, 0.1) is 18.2 Å². The number of methoxy groups -OCH3 is 1. The van der Waals surface area contributed by atoms with Crippen LogP contribution >= 0.6 is 0 Å². The molecule has 6 nitrogen and oxygen atoms in total. The Morgan fingerprint density at radius 1 is 1.26 bits per heavy atom. The van der Waals surface area contributed by atoms with Crippen molar-refractivity contribution in [2.45, 2.75) is 43.9 Å². The molecule has 9 heteroatoms. The monoisotopic (exact) mass is 386 g/mol. The van der Waals surface area contributed by atoms with Crippen LogP contribution in [0.25, 0.3) is 0 Å². The first-order valence-electron chi connectivity index (χ1n) is 8.75. The average molecular weight is 386 g/mol. The summed E-state index contributed by atoms with van der Waals surface area (Å²) in [6, 6.07) is 2.96. The van der Waals surface area contributed by atoms with Gasteiger partial charge in [0, 0.05) is 24.3 Å². The summed E-state index contributed by atoms with van der Waals surface area (Å²) in [5.41, 5.74) is -0.978. The van der Waals surface area contributed by atoms with Crippen LogP contribution in [0.15, 0.2) is 18.2 Å². The molecule has 1 amide bonds. The van der Waals surface area contributed by atoms with Gasteiger partial charge in [0.25, 0.3) is 0 Å². The second-order valence-electron chi connectivity index (χ2n) is 7.04. The second kappa shape index (κ2) is 7.28. The largest absolute Gasteiger partial charge is 0.465 e. The summed E-state index contributed by atoms with van der Waals surface area (Å²) in [6.07, 6.45) is -2.67. The van der Waals surface area contributed by atoms with Crippen LogP contribution in [-0.2, 0) is 10.9 Å². The number of fused-ring (bicyclic) bond motifs is 2. The maximum atomic E-state index is 13.3. The molecule has 2 aliphatic rings. The van der Waals surface area contributed by atoms with Gasteiger partial charge in [-0.25, -0.2) is 9.59 Å². The molecule has 2 fully saturated rings.